The van der Waals surface area contributed by atoms with Gasteiger partial charge in [0.05, 0.1) is 47.6 Å². The van der Waals surface area contributed by atoms with E-state index in [2.05, 4.69) is 37.6 Å². The molecule has 12 nitrogen and oxygen atoms in total. The van der Waals surface area contributed by atoms with Crippen molar-refractivity contribution in [2.24, 2.45) is 0 Å². The number of hydrogen-bond donors (Lipinski definition) is 2. The van der Waals surface area contributed by atoms with Gasteiger partial charge < -0.3 is 20.1 Å². The normalized spacial score (nSPS) is 12.2. The molecule has 252 valence electrons. The van der Waals surface area contributed by atoms with Crippen LogP contribution in [0.4, 0.5) is 17.1 Å². The zero-order chi connectivity index (χ0) is 34.9. The maximum Gasteiger partial charge on any atom is 0.275 e. The molecule has 0 atom stereocenters. The monoisotopic (exact) mass is 662 g/mol. The van der Waals surface area contributed by atoms with Crippen molar-refractivity contribution < 1.29 is 24.0 Å². The summed E-state index contributed by atoms with van der Waals surface area (Å²) in [5, 5.41) is 16.9. The summed E-state index contributed by atoms with van der Waals surface area (Å²) in [6, 6.07) is 22.4. The van der Waals surface area contributed by atoms with Crippen molar-refractivity contribution in [3.63, 3.8) is 0 Å². The highest BCUT2D eigenvalue weighted by molar-refractivity contribution is 6.12. The molecule has 1 aliphatic rings. The van der Waals surface area contributed by atoms with Crippen LogP contribution >= 0.6 is 0 Å². The number of ether oxygens (including phenoxy) is 2. The molecule has 4 aromatic carbocycles. The molecule has 0 spiro atoms. The lowest BCUT2D eigenvalue weighted by molar-refractivity contribution is -0.384. The van der Waals surface area contributed by atoms with E-state index in [1.807, 2.05) is 44.2 Å². The summed E-state index contributed by atoms with van der Waals surface area (Å²) in [5.41, 5.74) is 5.06. The van der Waals surface area contributed by atoms with Crippen LogP contribution in [-0.2, 0) is 19.4 Å². The molecule has 0 aliphatic carbocycles. The molecule has 2 heterocycles. The van der Waals surface area contributed by atoms with Gasteiger partial charge in [-0.25, -0.2) is 4.98 Å². The lowest BCUT2D eigenvalue weighted by Crippen LogP contribution is -2.32. The molecular formula is C37H38N6O6. The minimum absolute atomic E-state index is 0.00544. The number of fused-ring (bicyclic) bond motifs is 2. The Kier molecular flexibility index (Phi) is 11.1. The Labute approximate surface area is 284 Å². The molecule has 0 unspecified atom stereocenters. The number of hydrogen-bond acceptors (Lipinski definition) is 9. The predicted molar refractivity (Wildman–Crippen MR) is 189 cm³/mol. The van der Waals surface area contributed by atoms with Crippen molar-refractivity contribution >= 4 is 39.9 Å². The van der Waals surface area contributed by atoms with Gasteiger partial charge in [0.25, 0.3) is 17.5 Å². The molecule has 6 rings (SSSR count). The second kappa shape index (κ2) is 15.8. The number of non-ortho nitro benzene ring substituents is 1. The molecule has 12 heteroatoms. The van der Waals surface area contributed by atoms with Crippen LogP contribution in [0.5, 0.6) is 11.5 Å². The first-order chi connectivity index (χ1) is 23.8. The number of nitro groups is 1. The SMILES string of the molecule is CC.COc1cc2c(cc1OC)CN(CCc1ccc(NC(=O)c3ccc([N+](=O)[O-])cc3NC(=O)c3cnc4ccccc4n3)cc1)CC2. The van der Waals surface area contributed by atoms with Crippen molar-refractivity contribution in [2.45, 2.75) is 33.2 Å². The lowest BCUT2D eigenvalue weighted by atomic mass is 9.98. The fraction of sp³-hybridized carbons (Fsp3) is 0.243. The number of rotatable bonds is 10. The first-order valence-electron chi connectivity index (χ1n) is 16.0. The number of nitro benzene ring substituents is 1. The molecule has 0 saturated heterocycles. The fourth-order valence-electron chi connectivity index (χ4n) is 5.57. The Bertz CT molecular complexity index is 1980. The highest BCUT2D eigenvalue weighted by Gasteiger charge is 2.21. The summed E-state index contributed by atoms with van der Waals surface area (Å²) in [5.74, 6) is 0.287. The molecule has 0 bridgehead atoms. The van der Waals surface area contributed by atoms with E-state index < -0.39 is 16.7 Å². The van der Waals surface area contributed by atoms with Gasteiger partial charge in [0.15, 0.2) is 11.5 Å². The van der Waals surface area contributed by atoms with Crippen LogP contribution in [0.3, 0.4) is 0 Å². The summed E-state index contributed by atoms with van der Waals surface area (Å²) in [6.45, 7) is 6.64. The Morgan fingerprint density at radius 2 is 1.57 bits per heavy atom. The number of benzene rings is 4. The molecule has 1 aliphatic heterocycles. The van der Waals surface area contributed by atoms with Gasteiger partial charge in [0, 0.05) is 37.5 Å². The quantitative estimate of drug-likeness (QED) is 0.123. The number of nitrogens with zero attached hydrogens (tertiary/aromatic N) is 4. The number of para-hydroxylation sites is 2. The Balaban J connectivity index is 0.00000230. The first-order valence-corrected chi connectivity index (χ1v) is 16.0. The summed E-state index contributed by atoms with van der Waals surface area (Å²) >= 11 is 0. The number of carbonyl (C=O) groups is 2. The molecular weight excluding hydrogens is 624 g/mol. The lowest BCUT2D eigenvalue weighted by Gasteiger charge is -2.29. The highest BCUT2D eigenvalue weighted by atomic mass is 16.6. The van der Waals surface area contributed by atoms with Crippen molar-refractivity contribution in [1.29, 1.82) is 0 Å². The molecule has 2 N–H and O–H groups in total. The maximum atomic E-state index is 13.3. The van der Waals surface area contributed by atoms with Gasteiger partial charge in [-0.1, -0.05) is 38.1 Å². The number of aromatic nitrogens is 2. The zero-order valence-corrected chi connectivity index (χ0v) is 27.9. The molecule has 0 saturated carbocycles. The summed E-state index contributed by atoms with van der Waals surface area (Å²) in [6.07, 6.45) is 3.07. The standard InChI is InChI=1S/C35H32N6O6.C2H6/c1-46-32-17-23-14-16-40(21-24(23)18-33(32)47-2)15-13-22-7-9-25(10-8-22)37-34(42)27-12-11-26(41(44)45)19-30(27)39-35(43)31-20-36-28-5-3-4-6-29(28)38-31;1-2/h3-12,17-20H,13-16,21H2,1-2H3,(H,37,42)(H,39,43);1-2H3. The largest absolute Gasteiger partial charge is 0.493 e. The second-order valence-electron chi connectivity index (χ2n) is 11.1. The van der Waals surface area contributed by atoms with Crippen LogP contribution < -0.4 is 20.1 Å². The van der Waals surface area contributed by atoms with Crippen molar-refractivity contribution in [3.8, 4) is 11.5 Å². The van der Waals surface area contributed by atoms with Gasteiger partial charge >= 0.3 is 0 Å². The van der Waals surface area contributed by atoms with E-state index in [4.69, 9.17) is 9.47 Å². The number of amides is 2. The van der Waals surface area contributed by atoms with E-state index in [0.717, 1.165) is 55.6 Å². The Morgan fingerprint density at radius 1 is 0.878 bits per heavy atom. The predicted octanol–water partition coefficient (Wildman–Crippen LogP) is 6.69. The van der Waals surface area contributed by atoms with Gasteiger partial charge in [-0.3, -0.25) is 29.6 Å². The van der Waals surface area contributed by atoms with Crippen molar-refractivity contribution in [1.82, 2.24) is 14.9 Å². The average molecular weight is 663 g/mol. The van der Waals surface area contributed by atoms with E-state index in [9.17, 15) is 19.7 Å². The molecule has 0 radical (unpaired) electrons. The molecule has 2 amide bonds. The van der Waals surface area contributed by atoms with Crippen LogP contribution in [-0.4, -0.2) is 58.9 Å². The number of nitrogens with one attached hydrogen (secondary N) is 2. The van der Waals surface area contributed by atoms with Gasteiger partial charge in [0.2, 0.25) is 0 Å². The third-order valence-corrected chi connectivity index (χ3v) is 8.11. The molecule has 1 aromatic heterocycles. The molecule has 49 heavy (non-hydrogen) atoms. The van der Waals surface area contributed by atoms with E-state index in [0.29, 0.717) is 16.7 Å². The fourth-order valence-corrected chi connectivity index (χ4v) is 5.57. The van der Waals surface area contributed by atoms with Crippen LogP contribution in [0.25, 0.3) is 11.0 Å². The topological polar surface area (TPSA) is 149 Å². The summed E-state index contributed by atoms with van der Waals surface area (Å²) in [4.78, 5) is 48.3. The van der Waals surface area contributed by atoms with Crippen LogP contribution in [0.1, 0.15) is 51.4 Å². The highest BCUT2D eigenvalue weighted by Crippen LogP contribution is 2.33. The van der Waals surface area contributed by atoms with Crippen LogP contribution in [0, 0.1) is 10.1 Å². The maximum absolute atomic E-state index is 13.3. The number of methoxy groups -OCH3 is 2. The van der Waals surface area contributed by atoms with E-state index in [-0.39, 0.29) is 22.6 Å². The third kappa shape index (κ3) is 8.17. The van der Waals surface area contributed by atoms with Crippen LogP contribution in [0.15, 0.2) is 85.1 Å². The Morgan fingerprint density at radius 3 is 2.27 bits per heavy atom. The van der Waals surface area contributed by atoms with E-state index in [1.54, 1.807) is 32.4 Å². The van der Waals surface area contributed by atoms with E-state index in [1.165, 1.54) is 29.5 Å². The summed E-state index contributed by atoms with van der Waals surface area (Å²) in [7, 11) is 3.29. The zero-order valence-electron chi connectivity index (χ0n) is 27.9. The smallest absolute Gasteiger partial charge is 0.275 e. The van der Waals surface area contributed by atoms with Gasteiger partial charge in [-0.2, -0.15) is 0 Å². The van der Waals surface area contributed by atoms with E-state index >= 15 is 0 Å². The van der Waals surface area contributed by atoms with Crippen molar-refractivity contribution in [2.75, 3.05) is 37.9 Å². The number of carbonyl (C=O) groups excluding carboxylic acids is 2. The van der Waals surface area contributed by atoms with Gasteiger partial charge in [-0.15, -0.1) is 0 Å². The van der Waals surface area contributed by atoms with Crippen LogP contribution in [0.2, 0.25) is 0 Å². The number of anilines is 2. The minimum Gasteiger partial charge on any atom is -0.493 e. The van der Waals surface area contributed by atoms with Gasteiger partial charge in [-0.05, 0) is 72.0 Å². The average Bonchev–Trinajstić information content (AvgIpc) is 3.14. The minimum atomic E-state index is -0.654. The summed E-state index contributed by atoms with van der Waals surface area (Å²) < 4.78 is 10.9. The third-order valence-electron chi connectivity index (χ3n) is 8.11. The Hall–Kier alpha value is -5.88. The molecule has 5 aromatic rings. The second-order valence-corrected chi connectivity index (χ2v) is 11.1. The molecule has 0 fully saturated rings. The van der Waals surface area contributed by atoms with Gasteiger partial charge in [0.1, 0.15) is 5.69 Å². The first kappa shape index (κ1) is 34.5. The van der Waals surface area contributed by atoms with Crippen molar-refractivity contribution in [3.05, 3.63) is 123 Å².